The Morgan fingerprint density at radius 2 is 0.724 bits per heavy atom. The van der Waals surface area contributed by atoms with Gasteiger partial charge in [-0.3, -0.25) is 0 Å². The van der Waals surface area contributed by atoms with Crippen LogP contribution in [0, 0.1) is 27.7 Å². The van der Waals surface area contributed by atoms with E-state index in [0.29, 0.717) is 0 Å². The first-order chi connectivity index (χ1) is 28.3. The number of aryl methyl sites for hydroxylation is 4. The number of nitrogens with zero attached hydrogens (tertiary/aromatic N) is 2. The van der Waals surface area contributed by atoms with Gasteiger partial charge >= 0.3 is 0 Å². The van der Waals surface area contributed by atoms with Gasteiger partial charge in [-0.2, -0.15) is 0 Å². The van der Waals surface area contributed by atoms with Crippen LogP contribution in [0.1, 0.15) is 22.3 Å². The predicted octanol–water partition coefficient (Wildman–Crippen LogP) is 17.4. The van der Waals surface area contributed by atoms with E-state index in [1.165, 1.54) is 134 Å². The number of fused-ring (bicyclic) bond motifs is 12. The van der Waals surface area contributed by atoms with Crippen molar-refractivity contribution < 1.29 is 0 Å². The maximum atomic E-state index is 2.56. The van der Waals surface area contributed by atoms with Gasteiger partial charge in [-0.25, -0.2) is 0 Å². The molecule has 13 aromatic rings. The van der Waals surface area contributed by atoms with Crippen LogP contribution in [0.5, 0.6) is 0 Å². The lowest BCUT2D eigenvalue weighted by atomic mass is 10.1. The monoisotopic (exact) mass is 852 g/mol. The quantitative estimate of drug-likeness (QED) is 0.167. The lowest BCUT2D eigenvalue weighted by Gasteiger charge is -2.10. The number of aromatic nitrogens is 2. The van der Waals surface area contributed by atoms with Crippen LogP contribution in [-0.4, -0.2) is 9.13 Å². The van der Waals surface area contributed by atoms with E-state index in [1.807, 2.05) is 68.0 Å². The second-order valence-corrected chi connectivity index (χ2v) is 22.1. The average molecular weight is 853 g/mol. The van der Waals surface area contributed by atoms with Gasteiger partial charge in [0.15, 0.2) is 0 Å². The molecule has 0 N–H and O–H groups in total. The molecule has 0 aliphatic rings. The van der Waals surface area contributed by atoms with Crippen molar-refractivity contribution in [3.05, 3.63) is 144 Å². The van der Waals surface area contributed by atoms with Gasteiger partial charge in [0, 0.05) is 60.5 Å². The van der Waals surface area contributed by atoms with E-state index in [-0.39, 0.29) is 0 Å². The fourth-order valence-corrected chi connectivity index (χ4v) is 16.5. The zero-order valence-corrected chi connectivity index (χ0v) is 36.8. The molecule has 0 spiro atoms. The van der Waals surface area contributed by atoms with E-state index in [2.05, 4.69) is 158 Å². The SMILES string of the molecule is Cc1ccc(-n2c3cc4c5sc6cc(-c7cc8ccc(C)cc8s7)sc6c5n(-c5ccc(C)cc5)c4cc3c3sc4cc(-c5cc6ccc(C)cc6s5)sc4c32)cc1. The largest absolute Gasteiger partial charge is 0.307 e. The molecule has 8 aromatic heterocycles. The van der Waals surface area contributed by atoms with E-state index in [0.717, 1.165) is 0 Å². The maximum Gasteiger partial charge on any atom is 0.0829 e. The summed E-state index contributed by atoms with van der Waals surface area (Å²) in [6.07, 6.45) is 0. The molecule has 8 heterocycles. The molecule has 0 unspecified atom stereocenters. The van der Waals surface area contributed by atoms with Crippen molar-refractivity contribution in [3.63, 3.8) is 0 Å². The molecule has 278 valence electrons. The van der Waals surface area contributed by atoms with Crippen LogP contribution in [-0.2, 0) is 0 Å². The topological polar surface area (TPSA) is 9.86 Å². The minimum atomic E-state index is 1.21. The van der Waals surface area contributed by atoms with Crippen LogP contribution in [0.25, 0.3) is 112 Å². The molecule has 0 amide bonds. The number of rotatable bonds is 4. The van der Waals surface area contributed by atoms with Crippen molar-refractivity contribution in [2.45, 2.75) is 27.7 Å². The Labute approximate surface area is 357 Å². The lowest BCUT2D eigenvalue weighted by Crippen LogP contribution is -1.95. The molecule has 0 radical (unpaired) electrons. The van der Waals surface area contributed by atoms with Gasteiger partial charge in [0.1, 0.15) is 0 Å². The average Bonchev–Trinajstić information content (AvgIpc) is 4.07. The van der Waals surface area contributed by atoms with E-state index in [4.69, 9.17) is 0 Å². The Morgan fingerprint density at radius 3 is 1.16 bits per heavy atom. The highest BCUT2D eigenvalue weighted by Crippen LogP contribution is 2.53. The molecule has 0 aliphatic carbocycles. The fourth-order valence-electron chi connectivity index (χ4n) is 8.76. The number of hydrogen-bond donors (Lipinski definition) is 0. The van der Waals surface area contributed by atoms with Crippen molar-refractivity contribution in [1.29, 1.82) is 0 Å². The van der Waals surface area contributed by atoms with Crippen LogP contribution in [0.4, 0.5) is 0 Å². The number of thiophene rings is 6. The van der Waals surface area contributed by atoms with E-state index < -0.39 is 0 Å². The summed E-state index contributed by atoms with van der Waals surface area (Å²) in [6, 6.07) is 46.5. The van der Waals surface area contributed by atoms with Crippen molar-refractivity contribution in [2.75, 3.05) is 0 Å². The van der Waals surface area contributed by atoms with Crippen LogP contribution in [0.2, 0.25) is 0 Å². The Bertz CT molecular complexity index is 3570. The van der Waals surface area contributed by atoms with Crippen molar-refractivity contribution >= 4 is 149 Å². The molecule has 58 heavy (non-hydrogen) atoms. The zero-order chi connectivity index (χ0) is 38.6. The fraction of sp³-hybridized carbons (Fsp3) is 0.0800. The van der Waals surface area contributed by atoms with E-state index in [1.54, 1.807) is 0 Å². The molecule has 0 saturated heterocycles. The third kappa shape index (κ3) is 4.90. The highest BCUT2D eigenvalue weighted by molar-refractivity contribution is 7.36. The molecule has 0 atom stereocenters. The first kappa shape index (κ1) is 33.9. The van der Waals surface area contributed by atoms with Crippen LogP contribution < -0.4 is 0 Å². The van der Waals surface area contributed by atoms with E-state index >= 15 is 0 Å². The van der Waals surface area contributed by atoms with Crippen molar-refractivity contribution in [2.24, 2.45) is 0 Å². The summed E-state index contributed by atoms with van der Waals surface area (Å²) in [4.78, 5) is 5.40. The summed E-state index contributed by atoms with van der Waals surface area (Å²) < 4.78 is 16.0. The second kappa shape index (κ2) is 12.2. The Balaban J connectivity index is 1.09. The third-order valence-electron chi connectivity index (χ3n) is 11.6. The van der Waals surface area contributed by atoms with E-state index in [9.17, 15) is 0 Å². The number of hydrogen-bond acceptors (Lipinski definition) is 6. The molecular weight excluding hydrogens is 821 g/mol. The molecular formula is C50H32N2S6. The van der Waals surface area contributed by atoms with Crippen LogP contribution >= 0.6 is 68.0 Å². The second-order valence-electron chi connectivity index (χ2n) is 15.7. The summed E-state index contributed by atoms with van der Waals surface area (Å²) in [7, 11) is 0. The highest BCUT2D eigenvalue weighted by atomic mass is 32.1. The first-order valence-electron chi connectivity index (χ1n) is 19.4. The molecule has 8 heteroatoms. The predicted molar refractivity (Wildman–Crippen MR) is 262 cm³/mol. The van der Waals surface area contributed by atoms with Crippen molar-refractivity contribution in [1.82, 2.24) is 9.13 Å². The minimum Gasteiger partial charge on any atom is -0.307 e. The third-order valence-corrected chi connectivity index (χ3v) is 19.1. The summed E-state index contributed by atoms with van der Waals surface area (Å²) in [5.74, 6) is 0. The smallest absolute Gasteiger partial charge is 0.0829 e. The lowest BCUT2D eigenvalue weighted by molar-refractivity contribution is 1.18. The summed E-state index contributed by atoms with van der Waals surface area (Å²) >= 11 is 11.6. The van der Waals surface area contributed by atoms with Gasteiger partial charge in [-0.15, -0.1) is 68.0 Å². The van der Waals surface area contributed by atoms with Gasteiger partial charge in [-0.05, 0) is 122 Å². The van der Waals surface area contributed by atoms with Crippen LogP contribution in [0.3, 0.4) is 0 Å². The summed E-state index contributed by atoms with van der Waals surface area (Å²) in [5, 5.41) is 5.29. The Morgan fingerprint density at radius 1 is 0.328 bits per heavy atom. The normalized spacial score (nSPS) is 12.5. The minimum absolute atomic E-state index is 1.21. The van der Waals surface area contributed by atoms with Gasteiger partial charge < -0.3 is 9.13 Å². The molecule has 13 rings (SSSR count). The van der Waals surface area contributed by atoms with Crippen LogP contribution in [0.15, 0.2) is 121 Å². The van der Waals surface area contributed by atoms with Gasteiger partial charge in [0.05, 0.1) is 40.9 Å². The molecule has 0 aliphatic heterocycles. The molecule has 2 nitrogen and oxygen atoms in total. The van der Waals surface area contributed by atoms with Crippen molar-refractivity contribution in [3.8, 4) is 30.9 Å². The Kier molecular flexibility index (Phi) is 7.15. The number of benzene rings is 5. The highest BCUT2D eigenvalue weighted by Gasteiger charge is 2.26. The van der Waals surface area contributed by atoms with Gasteiger partial charge in [-0.1, -0.05) is 59.7 Å². The maximum absolute atomic E-state index is 2.56. The molecule has 5 aromatic carbocycles. The van der Waals surface area contributed by atoms with Gasteiger partial charge in [0.2, 0.25) is 0 Å². The Hall–Kier alpha value is -5.06. The molecule has 0 bridgehead atoms. The van der Waals surface area contributed by atoms with Gasteiger partial charge in [0.25, 0.3) is 0 Å². The molecule has 0 saturated carbocycles. The molecule has 0 fully saturated rings. The summed E-state index contributed by atoms with van der Waals surface area (Å²) in [5.41, 5.74) is 12.8. The zero-order valence-electron chi connectivity index (χ0n) is 31.9. The first-order valence-corrected chi connectivity index (χ1v) is 24.3. The standard InChI is InChI=1S/C50H32N2S6/c1-25-7-13-31(14-8-25)51-35-21-34-36(22-33(35)47-45(51)49-43(57-47)23-41(55-49)39-19-29-11-5-27(3)17-37(29)53-39)52(32-15-9-26(2)10-16-32)46-48(34)58-44-24-42(56-50(44)46)40-20-30-12-6-28(4)18-38(30)54-40/h5-24H,1-4H3. The summed E-state index contributed by atoms with van der Waals surface area (Å²) in [6.45, 7) is 8.72.